The molecule has 1 amide bonds. The Morgan fingerprint density at radius 2 is 1.62 bits per heavy atom. The maximum atomic E-state index is 11.8. The van der Waals surface area contributed by atoms with Crippen molar-refractivity contribution in [1.29, 1.82) is 0 Å². The van der Waals surface area contributed by atoms with E-state index in [4.69, 9.17) is 11.6 Å². The highest BCUT2D eigenvalue weighted by atomic mass is 35.5. The number of benzene rings is 1. The van der Waals surface area contributed by atoms with Gasteiger partial charge in [-0.05, 0) is 37.5 Å². The Balaban J connectivity index is 3.18. The van der Waals surface area contributed by atoms with Crippen LogP contribution in [-0.4, -0.2) is 24.9 Å². The van der Waals surface area contributed by atoms with Gasteiger partial charge in [-0.25, -0.2) is 0 Å². The monoisotopic (exact) mass is 239 g/mol. The molecular formula is C13H18ClNO. The molecule has 0 spiro atoms. The van der Waals surface area contributed by atoms with E-state index < -0.39 is 5.38 Å². The van der Waals surface area contributed by atoms with Gasteiger partial charge in [-0.1, -0.05) is 17.7 Å². The number of alkyl halides is 1. The topological polar surface area (TPSA) is 20.3 Å². The Kier molecular flexibility index (Phi) is 3.98. The molecule has 0 radical (unpaired) electrons. The average molecular weight is 240 g/mol. The van der Waals surface area contributed by atoms with Crippen LogP contribution >= 0.6 is 11.6 Å². The van der Waals surface area contributed by atoms with Crippen LogP contribution in [-0.2, 0) is 4.79 Å². The minimum absolute atomic E-state index is 0.0725. The molecule has 1 rings (SSSR count). The summed E-state index contributed by atoms with van der Waals surface area (Å²) in [4.78, 5) is 13.4. The number of hydrogen-bond donors (Lipinski definition) is 0. The molecule has 88 valence electrons. The first-order valence-corrected chi connectivity index (χ1v) is 5.71. The van der Waals surface area contributed by atoms with Gasteiger partial charge in [-0.3, -0.25) is 4.79 Å². The lowest BCUT2D eigenvalue weighted by atomic mass is 9.96. The van der Waals surface area contributed by atoms with E-state index >= 15 is 0 Å². The molecule has 0 aromatic heterocycles. The van der Waals surface area contributed by atoms with E-state index in [1.54, 1.807) is 14.1 Å². The number of amides is 1. The number of hydrogen-bond acceptors (Lipinski definition) is 1. The summed E-state index contributed by atoms with van der Waals surface area (Å²) < 4.78 is 0. The lowest BCUT2D eigenvalue weighted by Gasteiger charge is -2.19. The van der Waals surface area contributed by atoms with Gasteiger partial charge in [0.1, 0.15) is 5.38 Å². The summed E-state index contributed by atoms with van der Waals surface area (Å²) in [5.74, 6) is -0.0725. The van der Waals surface area contributed by atoms with E-state index in [1.807, 2.05) is 20.8 Å². The van der Waals surface area contributed by atoms with Crippen LogP contribution in [0.4, 0.5) is 0 Å². The van der Waals surface area contributed by atoms with Crippen molar-refractivity contribution in [3.05, 3.63) is 34.4 Å². The van der Waals surface area contributed by atoms with E-state index in [1.165, 1.54) is 10.5 Å². The fourth-order valence-corrected chi connectivity index (χ4v) is 2.48. The fraction of sp³-hybridized carbons (Fsp3) is 0.462. The zero-order valence-electron chi connectivity index (χ0n) is 10.5. The van der Waals surface area contributed by atoms with Crippen LogP contribution in [0.1, 0.15) is 27.6 Å². The predicted molar refractivity (Wildman–Crippen MR) is 67.9 cm³/mol. The molecule has 1 aromatic carbocycles. The Labute approximate surface area is 102 Å². The molecule has 1 unspecified atom stereocenters. The van der Waals surface area contributed by atoms with Gasteiger partial charge in [-0.2, -0.15) is 0 Å². The van der Waals surface area contributed by atoms with Gasteiger partial charge in [0.25, 0.3) is 0 Å². The van der Waals surface area contributed by atoms with E-state index in [0.717, 1.165) is 16.7 Å². The maximum Gasteiger partial charge on any atom is 0.244 e. The zero-order chi connectivity index (χ0) is 12.5. The minimum Gasteiger partial charge on any atom is -0.347 e. The third-order valence-corrected chi connectivity index (χ3v) is 3.05. The summed E-state index contributed by atoms with van der Waals surface area (Å²) >= 11 is 6.22. The summed E-state index contributed by atoms with van der Waals surface area (Å²) in [6.45, 7) is 6.03. The number of carbonyl (C=O) groups excluding carboxylic acids is 1. The third-order valence-electron chi connectivity index (χ3n) is 2.65. The van der Waals surface area contributed by atoms with Crippen molar-refractivity contribution >= 4 is 17.5 Å². The molecule has 0 aliphatic rings. The Morgan fingerprint density at radius 1 is 1.19 bits per heavy atom. The van der Waals surface area contributed by atoms with E-state index in [9.17, 15) is 4.79 Å². The smallest absolute Gasteiger partial charge is 0.244 e. The van der Waals surface area contributed by atoms with Crippen molar-refractivity contribution in [3.8, 4) is 0 Å². The molecule has 1 aromatic rings. The summed E-state index contributed by atoms with van der Waals surface area (Å²) in [6.07, 6.45) is 0. The molecule has 0 saturated heterocycles. The van der Waals surface area contributed by atoms with Crippen molar-refractivity contribution in [3.63, 3.8) is 0 Å². The summed E-state index contributed by atoms with van der Waals surface area (Å²) in [5, 5.41) is -0.587. The quantitative estimate of drug-likeness (QED) is 0.727. The molecular weight excluding hydrogens is 222 g/mol. The van der Waals surface area contributed by atoms with Gasteiger partial charge in [-0.15, -0.1) is 11.6 Å². The third kappa shape index (κ3) is 2.56. The Morgan fingerprint density at radius 3 is 2.00 bits per heavy atom. The minimum atomic E-state index is -0.587. The summed E-state index contributed by atoms with van der Waals surface area (Å²) in [5.41, 5.74) is 4.28. The molecule has 16 heavy (non-hydrogen) atoms. The molecule has 1 atom stereocenters. The van der Waals surface area contributed by atoms with Crippen molar-refractivity contribution in [1.82, 2.24) is 4.90 Å². The second kappa shape index (κ2) is 4.88. The normalized spacial score (nSPS) is 12.4. The van der Waals surface area contributed by atoms with Gasteiger partial charge in [0, 0.05) is 14.1 Å². The number of aryl methyl sites for hydroxylation is 3. The Hall–Kier alpha value is -1.02. The molecule has 3 heteroatoms. The van der Waals surface area contributed by atoms with Gasteiger partial charge in [0.2, 0.25) is 5.91 Å². The van der Waals surface area contributed by atoms with Crippen LogP contribution in [0.2, 0.25) is 0 Å². The first-order valence-electron chi connectivity index (χ1n) is 5.27. The standard InChI is InChI=1S/C13H18ClNO/c1-8-6-9(2)11(10(3)7-8)12(14)13(16)15(4)5/h6-7,12H,1-5H3. The van der Waals surface area contributed by atoms with Crippen molar-refractivity contribution in [2.75, 3.05) is 14.1 Å². The number of likely N-dealkylation sites (N-methyl/N-ethyl adjacent to an activating group) is 1. The van der Waals surface area contributed by atoms with Crippen LogP contribution in [0.5, 0.6) is 0 Å². The van der Waals surface area contributed by atoms with Crippen LogP contribution in [0.15, 0.2) is 12.1 Å². The lowest BCUT2D eigenvalue weighted by Crippen LogP contribution is -2.26. The number of carbonyl (C=O) groups is 1. The second-order valence-corrected chi connectivity index (χ2v) is 4.84. The molecule has 0 N–H and O–H groups in total. The number of halogens is 1. The average Bonchev–Trinajstić information content (AvgIpc) is 2.14. The van der Waals surface area contributed by atoms with E-state index in [2.05, 4.69) is 12.1 Å². The second-order valence-electron chi connectivity index (χ2n) is 4.41. The molecule has 2 nitrogen and oxygen atoms in total. The fourth-order valence-electron chi connectivity index (χ4n) is 1.94. The largest absolute Gasteiger partial charge is 0.347 e. The Bertz CT molecular complexity index is 389. The first kappa shape index (κ1) is 13.0. The highest BCUT2D eigenvalue weighted by Crippen LogP contribution is 2.29. The molecule has 0 saturated carbocycles. The SMILES string of the molecule is Cc1cc(C)c(C(Cl)C(=O)N(C)C)c(C)c1. The van der Waals surface area contributed by atoms with Crippen LogP contribution in [0.25, 0.3) is 0 Å². The van der Waals surface area contributed by atoms with Gasteiger partial charge >= 0.3 is 0 Å². The van der Waals surface area contributed by atoms with Crippen LogP contribution < -0.4 is 0 Å². The number of rotatable bonds is 2. The van der Waals surface area contributed by atoms with Crippen molar-refractivity contribution in [2.45, 2.75) is 26.1 Å². The highest BCUT2D eigenvalue weighted by Gasteiger charge is 2.22. The zero-order valence-corrected chi connectivity index (χ0v) is 11.2. The van der Waals surface area contributed by atoms with Crippen molar-refractivity contribution in [2.24, 2.45) is 0 Å². The highest BCUT2D eigenvalue weighted by molar-refractivity contribution is 6.30. The van der Waals surface area contributed by atoms with Crippen LogP contribution in [0.3, 0.4) is 0 Å². The van der Waals surface area contributed by atoms with E-state index in [0.29, 0.717) is 0 Å². The molecule has 0 fully saturated rings. The molecule has 0 aliphatic carbocycles. The lowest BCUT2D eigenvalue weighted by molar-refractivity contribution is -0.128. The summed E-state index contributed by atoms with van der Waals surface area (Å²) in [6, 6.07) is 4.11. The van der Waals surface area contributed by atoms with Gasteiger partial charge in [0.15, 0.2) is 0 Å². The predicted octanol–water partition coefficient (Wildman–Crippen LogP) is 2.98. The van der Waals surface area contributed by atoms with Gasteiger partial charge in [0.05, 0.1) is 0 Å². The maximum absolute atomic E-state index is 11.8. The van der Waals surface area contributed by atoms with Crippen LogP contribution in [0, 0.1) is 20.8 Å². The molecule has 0 heterocycles. The number of nitrogens with zero attached hydrogens (tertiary/aromatic N) is 1. The first-order chi connectivity index (χ1) is 7.34. The van der Waals surface area contributed by atoms with E-state index in [-0.39, 0.29) is 5.91 Å². The van der Waals surface area contributed by atoms with Crippen molar-refractivity contribution < 1.29 is 4.79 Å². The van der Waals surface area contributed by atoms with Gasteiger partial charge < -0.3 is 4.90 Å². The molecule has 0 aliphatic heterocycles. The summed E-state index contributed by atoms with van der Waals surface area (Å²) in [7, 11) is 3.44. The molecule has 0 bridgehead atoms.